The number of carbonyl (C=O) groups is 1. The molecule has 0 fully saturated rings. The number of halogens is 1. The summed E-state index contributed by atoms with van der Waals surface area (Å²) in [5, 5.41) is 0.556. The molecule has 16 heavy (non-hydrogen) atoms. The maximum atomic E-state index is 11.4. The lowest BCUT2D eigenvalue weighted by Gasteiger charge is -2.11. The summed E-state index contributed by atoms with van der Waals surface area (Å²) in [6.07, 6.45) is 0. The molecule has 0 heterocycles. The fraction of sp³-hybridized carbons (Fsp3) is 0.250. The number of carbonyl (C=O) groups excluding carboxylic acids is 1. The Morgan fingerprint density at radius 3 is 2.50 bits per heavy atom. The number of rotatable bonds is 3. The Bertz CT molecular complexity index is 438. The average Bonchev–Trinajstić information content (AvgIpc) is 2.30. The van der Waals surface area contributed by atoms with Crippen molar-refractivity contribution in [1.29, 1.82) is 0 Å². The van der Waals surface area contributed by atoms with Crippen LogP contribution < -0.4 is 4.74 Å². The van der Waals surface area contributed by atoms with Crippen LogP contribution in [0.15, 0.2) is 18.7 Å². The van der Waals surface area contributed by atoms with Crippen molar-refractivity contribution in [3.63, 3.8) is 0 Å². The fourth-order valence-electron chi connectivity index (χ4n) is 1.29. The van der Waals surface area contributed by atoms with Crippen molar-refractivity contribution in [3.8, 4) is 5.75 Å². The van der Waals surface area contributed by atoms with Gasteiger partial charge in [0.15, 0.2) is 0 Å². The summed E-state index contributed by atoms with van der Waals surface area (Å²) in [5.74, 6) is 0.0514. The molecule has 0 bridgehead atoms. The average molecular weight is 241 g/mol. The first kappa shape index (κ1) is 12.6. The van der Waals surface area contributed by atoms with Gasteiger partial charge in [-0.2, -0.15) is 0 Å². The highest BCUT2D eigenvalue weighted by molar-refractivity contribution is 6.32. The van der Waals surface area contributed by atoms with Gasteiger partial charge in [0.2, 0.25) is 0 Å². The molecule has 4 heteroatoms. The summed E-state index contributed by atoms with van der Waals surface area (Å²) in [5.41, 5.74) is 1.64. The van der Waals surface area contributed by atoms with Gasteiger partial charge in [-0.05, 0) is 24.6 Å². The molecular formula is C12H13ClO3. The minimum atomic E-state index is -0.502. The molecule has 0 spiro atoms. The predicted octanol–water partition coefficient (Wildman–Crippen LogP) is 2.84. The molecule has 0 unspecified atom stereocenters. The normalized spacial score (nSPS) is 9.75. The van der Waals surface area contributed by atoms with E-state index in [0.717, 1.165) is 5.56 Å². The highest BCUT2D eigenvalue weighted by atomic mass is 35.5. The Balaban J connectivity index is 3.27. The number of methoxy groups -OCH3 is 2. The Morgan fingerprint density at radius 2 is 2.00 bits per heavy atom. The summed E-state index contributed by atoms with van der Waals surface area (Å²) >= 11 is 5.99. The Morgan fingerprint density at radius 1 is 1.38 bits per heavy atom. The Labute approximate surface area is 99.6 Å². The molecule has 0 saturated carbocycles. The van der Waals surface area contributed by atoms with Crippen molar-refractivity contribution in [2.24, 2.45) is 0 Å². The van der Waals surface area contributed by atoms with E-state index in [0.29, 0.717) is 16.3 Å². The first-order valence-corrected chi connectivity index (χ1v) is 5.00. The molecule has 0 aromatic heterocycles. The second-order valence-electron chi connectivity index (χ2n) is 3.27. The zero-order valence-electron chi connectivity index (χ0n) is 9.46. The van der Waals surface area contributed by atoms with E-state index in [4.69, 9.17) is 16.3 Å². The van der Waals surface area contributed by atoms with Gasteiger partial charge in [-0.3, -0.25) is 0 Å². The molecule has 0 saturated heterocycles. The molecule has 0 aliphatic rings. The Hall–Kier alpha value is -1.48. The van der Waals surface area contributed by atoms with Gasteiger partial charge in [0.25, 0.3) is 0 Å². The first-order chi connectivity index (χ1) is 7.51. The van der Waals surface area contributed by atoms with Crippen molar-refractivity contribution in [2.45, 2.75) is 6.92 Å². The van der Waals surface area contributed by atoms with Gasteiger partial charge >= 0.3 is 5.97 Å². The third-order valence-corrected chi connectivity index (χ3v) is 2.64. The fourth-order valence-corrected chi connectivity index (χ4v) is 1.46. The number of hydrogen-bond donors (Lipinski definition) is 0. The van der Waals surface area contributed by atoms with E-state index in [1.165, 1.54) is 14.2 Å². The molecule has 0 aliphatic carbocycles. The first-order valence-electron chi connectivity index (χ1n) is 4.63. The van der Waals surface area contributed by atoms with Crippen LogP contribution in [0.5, 0.6) is 5.75 Å². The van der Waals surface area contributed by atoms with Crippen LogP contribution in [0.2, 0.25) is 5.02 Å². The van der Waals surface area contributed by atoms with E-state index < -0.39 is 5.97 Å². The van der Waals surface area contributed by atoms with E-state index in [2.05, 4.69) is 11.3 Å². The van der Waals surface area contributed by atoms with Crippen molar-refractivity contribution in [2.75, 3.05) is 14.2 Å². The van der Waals surface area contributed by atoms with Crippen LogP contribution in [0, 0.1) is 6.92 Å². The number of hydrogen-bond acceptors (Lipinski definition) is 3. The van der Waals surface area contributed by atoms with E-state index in [9.17, 15) is 4.79 Å². The van der Waals surface area contributed by atoms with E-state index in [-0.39, 0.29) is 5.57 Å². The standard InChI is InChI=1S/C12H13ClO3/c1-7-5-11(15-3)9(6-10(7)13)8(2)12(14)16-4/h5-6H,2H2,1,3-4H3. The van der Waals surface area contributed by atoms with Gasteiger partial charge in [-0.25, -0.2) is 4.79 Å². The van der Waals surface area contributed by atoms with Gasteiger partial charge in [-0.15, -0.1) is 0 Å². The topological polar surface area (TPSA) is 35.5 Å². The van der Waals surface area contributed by atoms with E-state index >= 15 is 0 Å². The lowest BCUT2D eigenvalue weighted by Crippen LogP contribution is -2.04. The second-order valence-corrected chi connectivity index (χ2v) is 3.68. The minimum Gasteiger partial charge on any atom is -0.496 e. The molecule has 86 valence electrons. The van der Waals surface area contributed by atoms with Crippen LogP contribution in [-0.2, 0) is 9.53 Å². The Kier molecular flexibility index (Phi) is 3.96. The highest BCUT2D eigenvalue weighted by Gasteiger charge is 2.16. The van der Waals surface area contributed by atoms with Crippen LogP contribution in [-0.4, -0.2) is 20.2 Å². The van der Waals surface area contributed by atoms with Gasteiger partial charge in [0, 0.05) is 10.6 Å². The minimum absolute atomic E-state index is 0.223. The van der Waals surface area contributed by atoms with Crippen molar-refractivity contribution in [1.82, 2.24) is 0 Å². The molecule has 1 aromatic carbocycles. The zero-order chi connectivity index (χ0) is 12.3. The number of ether oxygens (including phenoxy) is 2. The van der Waals surface area contributed by atoms with Crippen LogP contribution in [0.1, 0.15) is 11.1 Å². The highest BCUT2D eigenvalue weighted by Crippen LogP contribution is 2.31. The molecule has 1 rings (SSSR count). The summed E-state index contributed by atoms with van der Waals surface area (Å²) in [4.78, 5) is 11.4. The smallest absolute Gasteiger partial charge is 0.337 e. The third-order valence-electron chi connectivity index (χ3n) is 2.24. The molecule has 3 nitrogen and oxygen atoms in total. The maximum Gasteiger partial charge on any atom is 0.337 e. The van der Waals surface area contributed by atoms with Gasteiger partial charge in [0.1, 0.15) is 5.75 Å². The lowest BCUT2D eigenvalue weighted by atomic mass is 10.0. The summed E-state index contributed by atoms with van der Waals surface area (Å²) < 4.78 is 9.77. The molecule has 0 amide bonds. The number of esters is 1. The molecule has 0 N–H and O–H groups in total. The van der Waals surface area contributed by atoms with E-state index in [1.807, 2.05) is 6.92 Å². The van der Waals surface area contributed by atoms with Crippen LogP contribution in [0.4, 0.5) is 0 Å². The quantitative estimate of drug-likeness (QED) is 0.602. The monoisotopic (exact) mass is 240 g/mol. The molecule has 0 atom stereocenters. The predicted molar refractivity (Wildman–Crippen MR) is 63.8 cm³/mol. The van der Waals surface area contributed by atoms with Crippen LogP contribution in [0.3, 0.4) is 0 Å². The van der Waals surface area contributed by atoms with Gasteiger partial charge < -0.3 is 9.47 Å². The molecule has 0 aliphatic heterocycles. The van der Waals surface area contributed by atoms with Crippen LogP contribution >= 0.6 is 11.6 Å². The SMILES string of the molecule is C=C(C(=O)OC)c1cc(Cl)c(C)cc1OC. The van der Waals surface area contributed by atoms with Crippen molar-refractivity contribution < 1.29 is 14.3 Å². The van der Waals surface area contributed by atoms with E-state index in [1.54, 1.807) is 12.1 Å². The molecular weight excluding hydrogens is 228 g/mol. The van der Waals surface area contributed by atoms with Gasteiger partial charge in [0.05, 0.1) is 19.8 Å². The summed E-state index contributed by atoms with van der Waals surface area (Å²) in [6, 6.07) is 3.40. The maximum absolute atomic E-state index is 11.4. The molecule has 1 aromatic rings. The number of aryl methyl sites for hydroxylation is 1. The van der Waals surface area contributed by atoms with Crippen molar-refractivity contribution in [3.05, 3.63) is 34.9 Å². The third kappa shape index (κ3) is 2.36. The summed E-state index contributed by atoms with van der Waals surface area (Å²) in [7, 11) is 2.83. The lowest BCUT2D eigenvalue weighted by molar-refractivity contribution is -0.133. The zero-order valence-corrected chi connectivity index (χ0v) is 10.2. The summed E-state index contributed by atoms with van der Waals surface area (Å²) in [6.45, 7) is 5.52. The number of benzene rings is 1. The largest absolute Gasteiger partial charge is 0.496 e. The van der Waals surface area contributed by atoms with Crippen LogP contribution in [0.25, 0.3) is 5.57 Å². The molecule has 0 radical (unpaired) electrons. The second kappa shape index (κ2) is 5.03. The van der Waals surface area contributed by atoms with Crippen molar-refractivity contribution >= 4 is 23.1 Å². The van der Waals surface area contributed by atoms with Gasteiger partial charge in [-0.1, -0.05) is 18.2 Å².